The van der Waals surface area contributed by atoms with E-state index in [2.05, 4.69) is 44.9 Å². The molecule has 0 radical (unpaired) electrons. The molecule has 0 aromatic carbocycles. The Morgan fingerprint density at radius 1 is 1.21 bits per heavy atom. The number of nitrogens with one attached hydrogen (secondary N) is 1. The average Bonchev–Trinajstić information content (AvgIpc) is 3.25. The number of rotatable bonds is 21. The zero-order valence-electron chi connectivity index (χ0n) is 28.9. The molecule has 0 saturated carbocycles. The Balaban J connectivity index is 0.0000104. The molecule has 6 atom stereocenters. The molecule has 18 heteroatoms. The number of likely N-dealkylation sites (N-methyl/N-ethyl adjacent to an activating group) is 1. The van der Waals surface area contributed by atoms with E-state index in [1.54, 1.807) is 0 Å². The number of aliphatic hydroxyl groups excluding tert-OH is 2. The molecule has 0 bridgehead atoms. The molecule has 0 aromatic rings. The third kappa shape index (κ3) is 19.9. The Morgan fingerprint density at radius 3 is 2.40 bits per heavy atom. The first-order valence-electron chi connectivity index (χ1n) is 15.6. The second kappa shape index (κ2) is 22.2. The van der Waals surface area contributed by atoms with Gasteiger partial charge >= 0.3 is 16.4 Å². The van der Waals surface area contributed by atoms with Crippen molar-refractivity contribution in [1.29, 1.82) is 0 Å². The van der Waals surface area contributed by atoms with Crippen LogP contribution in [0.1, 0.15) is 80.6 Å². The molecule has 6 unspecified atom stereocenters. The highest BCUT2D eigenvalue weighted by molar-refractivity contribution is 7.47. The maximum atomic E-state index is 12.8. The summed E-state index contributed by atoms with van der Waals surface area (Å²) < 4.78 is 33.6. The van der Waals surface area contributed by atoms with Gasteiger partial charge in [-0.25, -0.2) is 4.57 Å². The first-order chi connectivity index (χ1) is 21.8. The average molecular weight is 717 g/mol. The van der Waals surface area contributed by atoms with Gasteiger partial charge in [-0.3, -0.25) is 18.6 Å². The molecule has 1 heterocycles. The van der Waals surface area contributed by atoms with E-state index in [1.165, 1.54) is 24.2 Å². The van der Waals surface area contributed by atoms with Crippen molar-refractivity contribution in [2.24, 2.45) is 27.5 Å². The number of aliphatic hydroxyl groups is 2. The standard InChI is InChI=1S/C27H52N4O12P2.C2H6/c1-26(2,3)17-27(4,5)13-22(34)29-11-8-7-9-19(14-32)15-41-45(38,39)43-24-20(16-40-44(36)37)42-25(23(24)35)31(6)12-10-21(28)30-18-33;1-2/h10,12,18-20,23-25,32,35-37H,7-9,11,13-17H2,1-6H3,(H,29,34)(H,38,39)(H2,28,30,33);1-2H3/b12-10-;. The van der Waals surface area contributed by atoms with Gasteiger partial charge in [-0.05, 0) is 36.2 Å². The lowest BCUT2D eigenvalue weighted by atomic mass is 9.74. The predicted molar refractivity (Wildman–Crippen MR) is 178 cm³/mol. The minimum Gasteiger partial charge on any atom is -0.396 e. The van der Waals surface area contributed by atoms with Crippen molar-refractivity contribution in [1.82, 2.24) is 10.2 Å². The van der Waals surface area contributed by atoms with Crippen LogP contribution >= 0.6 is 16.4 Å². The Bertz CT molecular complexity index is 1030. The number of amides is 2. The summed E-state index contributed by atoms with van der Waals surface area (Å²) in [4.78, 5) is 56.2. The molecule has 0 aliphatic carbocycles. The Labute approximate surface area is 280 Å². The van der Waals surface area contributed by atoms with Crippen LogP contribution in [0.4, 0.5) is 0 Å². The van der Waals surface area contributed by atoms with Crippen LogP contribution in [0.25, 0.3) is 0 Å². The molecular formula is C29H58N4O12P2. The second-order valence-electron chi connectivity index (χ2n) is 13.1. The van der Waals surface area contributed by atoms with E-state index in [9.17, 15) is 29.3 Å². The van der Waals surface area contributed by atoms with E-state index in [1.807, 2.05) is 13.8 Å². The van der Waals surface area contributed by atoms with Gasteiger partial charge in [0, 0.05) is 38.7 Å². The number of carbonyl (C=O) groups is 2. The smallest absolute Gasteiger partial charge is 0.396 e. The number of nitrogens with zero attached hydrogens (tertiary/aromatic N) is 2. The van der Waals surface area contributed by atoms with Gasteiger partial charge < -0.3 is 50.1 Å². The zero-order chi connectivity index (χ0) is 36.4. The van der Waals surface area contributed by atoms with Gasteiger partial charge in [0.25, 0.3) is 0 Å². The monoisotopic (exact) mass is 716 g/mol. The fourth-order valence-electron chi connectivity index (χ4n) is 5.24. The van der Waals surface area contributed by atoms with Crippen molar-refractivity contribution in [2.45, 2.75) is 105 Å². The van der Waals surface area contributed by atoms with Gasteiger partial charge in [-0.15, -0.1) is 0 Å². The molecule has 1 rings (SSSR count). The lowest BCUT2D eigenvalue weighted by molar-refractivity contribution is -0.123. The highest BCUT2D eigenvalue weighted by atomic mass is 31.2. The first-order valence-corrected chi connectivity index (χ1v) is 18.3. The fourth-order valence-corrected chi connectivity index (χ4v) is 6.54. The Kier molecular flexibility index (Phi) is 21.5. The number of hydrogen-bond acceptors (Lipinski definition) is 12. The van der Waals surface area contributed by atoms with Crippen molar-refractivity contribution in [3.63, 3.8) is 0 Å². The first kappa shape index (κ1) is 45.5. The van der Waals surface area contributed by atoms with Gasteiger partial charge in [0.1, 0.15) is 24.1 Å². The molecule has 1 saturated heterocycles. The topological polar surface area (TPSA) is 243 Å². The normalized spacial score (nSPS) is 22.5. The summed E-state index contributed by atoms with van der Waals surface area (Å²) in [5, 5.41) is 23.5. The summed E-state index contributed by atoms with van der Waals surface area (Å²) in [6.45, 7) is 13.9. The zero-order valence-corrected chi connectivity index (χ0v) is 30.7. The molecule has 1 aliphatic heterocycles. The van der Waals surface area contributed by atoms with E-state index < -0.39 is 53.5 Å². The predicted octanol–water partition coefficient (Wildman–Crippen LogP) is 2.54. The molecule has 47 heavy (non-hydrogen) atoms. The summed E-state index contributed by atoms with van der Waals surface area (Å²) in [6, 6.07) is 0. The number of ether oxygens (including phenoxy) is 1. The van der Waals surface area contributed by atoms with Crippen LogP contribution in [0.3, 0.4) is 0 Å². The number of unbranched alkanes of at least 4 members (excludes halogenated alkanes) is 1. The Hall–Kier alpha value is -1.55. The minimum atomic E-state index is -4.82. The molecular weight excluding hydrogens is 658 g/mol. The van der Waals surface area contributed by atoms with Crippen molar-refractivity contribution < 1.29 is 57.4 Å². The molecule has 2 amide bonds. The lowest BCUT2D eigenvalue weighted by Gasteiger charge is -2.31. The van der Waals surface area contributed by atoms with Crippen LogP contribution in [0, 0.1) is 16.7 Å². The van der Waals surface area contributed by atoms with Gasteiger partial charge in [0.05, 0.1) is 13.2 Å². The molecule has 8 N–H and O–H groups in total. The maximum Gasteiger partial charge on any atom is 0.472 e. The van der Waals surface area contributed by atoms with Gasteiger partial charge in [0.15, 0.2) is 6.23 Å². The summed E-state index contributed by atoms with van der Waals surface area (Å²) in [6.07, 6.45) is 0.410. The van der Waals surface area contributed by atoms with Crippen LogP contribution in [0.5, 0.6) is 0 Å². The highest BCUT2D eigenvalue weighted by Crippen LogP contribution is 2.48. The van der Waals surface area contributed by atoms with Crippen LogP contribution < -0.4 is 11.1 Å². The second-order valence-corrected chi connectivity index (χ2v) is 15.2. The van der Waals surface area contributed by atoms with Crippen molar-refractivity contribution in [3.8, 4) is 0 Å². The number of amidine groups is 1. The van der Waals surface area contributed by atoms with Crippen molar-refractivity contribution >= 4 is 34.6 Å². The third-order valence-corrected chi connectivity index (χ3v) is 8.11. The SMILES string of the molecule is CC.CN(/C=C\C(N)=NC=O)C1OC(COP(O)O)C(OP(=O)(O)OCC(CO)CCCCNC(=O)CC(C)(C)CC(C)(C)C)C1O. The molecule has 276 valence electrons. The number of hydrogen-bond donors (Lipinski definition) is 7. The molecule has 16 nitrogen and oxygen atoms in total. The van der Waals surface area contributed by atoms with Crippen LogP contribution in [0.15, 0.2) is 17.3 Å². The number of carbonyl (C=O) groups excluding carboxylic acids is 2. The minimum absolute atomic E-state index is 0.0265. The number of nitrogens with two attached hydrogens (primary N) is 1. The van der Waals surface area contributed by atoms with Gasteiger partial charge in [0.2, 0.25) is 12.3 Å². The number of phosphoric acid groups is 1. The highest BCUT2D eigenvalue weighted by Gasteiger charge is 2.49. The molecule has 1 aliphatic rings. The summed E-state index contributed by atoms with van der Waals surface area (Å²) >= 11 is 0. The van der Waals surface area contributed by atoms with E-state index in [0.717, 1.165) is 6.42 Å². The molecule has 0 aromatic heterocycles. The maximum absolute atomic E-state index is 12.8. The van der Waals surface area contributed by atoms with Crippen molar-refractivity contribution in [3.05, 3.63) is 12.3 Å². The summed E-state index contributed by atoms with van der Waals surface area (Å²) in [5.74, 6) is -0.661. The third-order valence-electron chi connectivity index (χ3n) is 6.74. The fraction of sp³-hybridized carbons (Fsp3) is 0.828. The summed E-state index contributed by atoms with van der Waals surface area (Å²) in [5.41, 5.74) is 5.51. The number of phosphoric ester groups is 1. The number of aliphatic imine (C=N–C) groups is 1. The van der Waals surface area contributed by atoms with Crippen LogP contribution in [0.2, 0.25) is 0 Å². The Morgan fingerprint density at radius 2 is 1.85 bits per heavy atom. The lowest BCUT2D eigenvalue weighted by Crippen LogP contribution is -2.41. The largest absolute Gasteiger partial charge is 0.472 e. The van der Waals surface area contributed by atoms with Crippen molar-refractivity contribution in [2.75, 3.05) is 33.4 Å². The van der Waals surface area contributed by atoms with E-state index >= 15 is 0 Å². The van der Waals surface area contributed by atoms with Crippen LogP contribution in [-0.4, -0.2) is 106 Å². The van der Waals surface area contributed by atoms with Crippen LogP contribution in [-0.2, 0) is 32.5 Å². The van der Waals surface area contributed by atoms with E-state index in [0.29, 0.717) is 32.2 Å². The summed E-state index contributed by atoms with van der Waals surface area (Å²) in [7, 11) is -6.14. The van der Waals surface area contributed by atoms with Gasteiger partial charge in [-0.2, -0.15) is 4.99 Å². The van der Waals surface area contributed by atoms with E-state index in [-0.39, 0.29) is 42.2 Å². The van der Waals surface area contributed by atoms with E-state index in [4.69, 9.17) is 33.8 Å². The molecule has 1 fully saturated rings. The molecule has 0 spiro atoms. The quantitative estimate of drug-likeness (QED) is 0.0297. The van der Waals surface area contributed by atoms with Gasteiger partial charge in [-0.1, -0.05) is 54.9 Å².